The first-order valence-electron chi connectivity index (χ1n) is 11.4. The molecule has 2 aromatic rings. The van der Waals surface area contributed by atoms with Crippen LogP contribution in [0.2, 0.25) is 5.02 Å². The topological polar surface area (TPSA) is 61.4 Å². The van der Waals surface area contributed by atoms with Crippen molar-refractivity contribution in [3.05, 3.63) is 52.4 Å². The van der Waals surface area contributed by atoms with E-state index in [1.807, 2.05) is 36.1 Å². The second kappa shape index (κ2) is 9.71. The Balaban J connectivity index is 1.47. The summed E-state index contributed by atoms with van der Waals surface area (Å²) in [5.74, 6) is 0.778. The molecule has 172 valence electrons. The molecule has 1 aromatic carbocycles. The molecule has 0 spiro atoms. The molecule has 1 N–H and O–H groups in total. The van der Waals surface area contributed by atoms with Gasteiger partial charge in [-0.15, -0.1) is 0 Å². The summed E-state index contributed by atoms with van der Waals surface area (Å²) in [7, 11) is 0. The van der Waals surface area contributed by atoms with Crippen LogP contribution in [0.4, 0.5) is 10.2 Å². The lowest BCUT2D eigenvalue weighted by atomic mass is 9.96. The van der Waals surface area contributed by atoms with Crippen molar-refractivity contribution in [1.82, 2.24) is 20.2 Å². The molecule has 4 rings (SSSR count). The first kappa shape index (κ1) is 22.9. The summed E-state index contributed by atoms with van der Waals surface area (Å²) in [6.45, 7) is 9.31. The van der Waals surface area contributed by atoms with E-state index in [9.17, 15) is 9.18 Å². The minimum Gasteiger partial charge on any atom is -0.353 e. The Bertz CT molecular complexity index is 946. The summed E-state index contributed by atoms with van der Waals surface area (Å²) in [5.41, 5.74) is 2.43. The van der Waals surface area contributed by atoms with E-state index >= 15 is 0 Å². The molecule has 1 aromatic heterocycles. The van der Waals surface area contributed by atoms with E-state index < -0.39 is 6.17 Å². The van der Waals surface area contributed by atoms with E-state index in [1.165, 1.54) is 6.33 Å². The van der Waals surface area contributed by atoms with Crippen molar-refractivity contribution in [2.24, 2.45) is 0 Å². The van der Waals surface area contributed by atoms with Crippen LogP contribution in [0, 0.1) is 0 Å². The van der Waals surface area contributed by atoms with Crippen molar-refractivity contribution in [2.75, 3.05) is 37.6 Å². The highest BCUT2D eigenvalue weighted by Gasteiger charge is 2.35. The maximum Gasteiger partial charge on any atom is 0.231 e. The quantitative estimate of drug-likeness (QED) is 0.705. The third-order valence-electron chi connectivity index (χ3n) is 6.44. The zero-order valence-electron chi connectivity index (χ0n) is 18.9. The molecule has 1 unspecified atom stereocenters. The van der Waals surface area contributed by atoms with Gasteiger partial charge in [0, 0.05) is 49.4 Å². The molecular formula is C24H31ClFN5O. The molecule has 1 saturated heterocycles. The molecule has 1 fully saturated rings. The average molecular weight is 460 g/mol. The number of fused-ring (bicyclic) bond motifs is 1. The third kappa shape index (κ3) is 4.74. The highest BCUT2D eigenvalue weighted by atomic mass is 35.5. The molecule has 0 bridgehead atoms. The van der Waals surface area contributed by atoms with Gasteiger partial charge in [0.05, 0.1) is 11.6 Å². The number of rotatable bonds is 6. The minimum atomic E-state index is -1.02. The molecule has 1 amide bonds. The van der Waals surface area contributed by atoms with Crippen molar-refractivity contribution < 1.29 is 9.18 Å². The Labute approximate surface area is 194 Å². The van der Waals surface area contributed by atoms with E-state index in [4.69, 9.17) is 11.6 Å². The van der Waals surface area contributed by atoms with Gasteiger partial charge < -0.3 is 15.1 Å². The Morgan fingerprint density at radius 1 is 1.19 bits per heavy atom. The summed E-state index contributed by atoms with van der Waals surface area (Å²) >= 11 is 6.06. The Kier molecular flexibility index (Phi) is 6.96. The normalized spacial score (nSPS) is 21.7. The molecular weight excluding hydrogens is 429 g/mol. The van der Waals surface area contributed by atoms with Gasteiger partial charge in [-0.1, -0.05) is 44.5 Å². The Hall–Kier alpha value is -2.25. The van der Waals surface area contributed by atoms with Gasteiger partial charge in [0.25, 0.3) is 0 Å². The van der Waals surface area contributed by atoms with Crippen LogP contribution in [0.25, 0.3) is 0 Å². The van der Waals surface area contributed by atoms with Crippen LogP contribution in [0.15, 0.2) is 30.6 Å². The number of benzene rings is 1. The van der Waals surface area contributed by atoms with Crippen molar-refractivity contribution in [2.45, 2.75) is 51.2 Å². The summed E-state index contributed by atoms with van der Waals surface area (Å²) in [4.78, 5) is 26.3. The van der Waals surface area contributed by atoms with Crippen LogP contribution in [-0.2, 0) is 4.79 Å². The van der Waals surface area contributed by atoms with Crippen LogP contribution in [0.5, 0.6) is 0 Å². The predicted molar refractivity (Wildman–Crippen MR) is 125 cm³/mol. The number of nitrogens with one attached hydrogen (secondary N) is 1. The molecule has 2 heterocycles. The molecule has 8 heteroatoms. The molecule has 0 radical (unpaired) electrons. The predicted octanol–water partition coefficient (Wildman–Crippen LogP) is 4.08. The lowest BCUT2D eigenvalue weighted by Gasteiger charge is -2.38. The van der Waals surface area contributed by atoms with Crippen LogP contribution >= 0.6 is 11.6 Å². The molecule has 3 atom stereocenters. The van der Waals surface area contributed by atoms with Crippen LogP contribution < -0.4 is 10.2 Å². The van der Waals surface area contributed by atoms with Crippen molar-refractivity contribution in [3.63, 3.8) is 0 Å². The highest BCUT2D eigenvalue weighted by Crippen LogP contribution is 2.44. The van der Waals surface area contributed by atoms with Crippen molar-refractivity contribution >= 4 is 23.3 Å². The smallest absolute Gasteiger partial charge is 0.231 e. The summed E-state index contributed by atoms with van der Waals surface area (Å²) in [6.07, 6.45) is 0.911. The first-order valence-corrected chi connectivity index (χ1v) is 11.7. The third-order valence-corrected chi connectivity index (χ3v) is 6.69. The van der Waals surface area contributed by atoms with Gasteiger partial charge in [-0.3, -0.25) is 4.79 Å². The lowest BCUT2D eigenvalue weighted by molar-refractivity contribution is -0.133. The fourth-order valence-electron chi connectivity index (χ4n) is 4.67. The largest absolute Gasteiger partial charge is 0.353 e. The molecule has 0 saturated carbocycles. The monoisotopic (exact) mass is 459 g/mol. The second-order valence-corrected chi connectivity index (χ2v) is 9.52. The van der Waals surface area contributed by atoms with Crippen molar-refractivity contribution in [3.8, 4) is 0 Å². The van der Waals surface area contributed by atoms with E-state index in [1.54, 1.807) is 0 Å². The zero-order valence-corrected chi connectivity index (χ0v) is 19.6. The molecule has 1 aliphatic carbocycles. The number of halogens is 2. The zero-order chi connectivity index (χ0) is 22.8. The molecule has 32 heavy (non-hydrogen) atoms. The van der Waals surface area contributed by atoms with E-state index in [2.05, 4.69) is 34.0 Å². The SMILES string of the molecule is CC(C)NCC(C(=O)N1CCN(c2ncnc3c2[C@H](C)C[C@H]3F)CC1)c1ccc(Cl)cc1. The number of carbonyl (C=O) groups is 1. The standard InChI is InChI=1S/C24H31ClFN5O/c1-15(2)27-13-19(17-4-6-18(25)7-5-17)24(32)31-10-8-30(9-11-31)23-21-16(3)12-20(26)22(21)28-14-29-23/h4-7,14-16,19-20,27H,8-13H2,1-3H3/t16-,19?,20-/m1/s1. The number of anilines is 1. The molecule has 2 aliphatic rings. The van der Waals surface area contributed by atoms with Gasteiger partial charge in [-0.2, -0.15) is 0 Å². The number of alkyl halides is 1. The van der Waals surface area contributed by atoms with E-state index in [-0.39, 0.29) is 23.8 Å². The second-order valence-electron chi connectivity index (χ2n) is 9.08. The number of aromatic nitrogens is 2. The van der Waals surface area contributed by atoms with Gasteiger partial charge in [0.2, 0.25) is 5.91 Å². The number of amides is 1. The Morgan fingerprint density at radius 2 is 1.88 bits per heavy atom. The van der Waals surface area contributed by atoms with Gasteiger partial charge in [0.15, 0.2) is 0 Å². The van der Waals surface area contributed by atoms with E-state index in [0.717, 1.165) is 16.9 Å². The number of carbonyl (C=O) groups excluding carboxylic acids is 1. The number of nitrogens with zero attached hydrogens (tertiary/aromatic N) is 4. The van der Waals surface area contributed by atoms with Crippen LogP contribution in [-0.4, -0.2) is 59.5 Å². The maximum absolute atomic E-state index is 14.3. The Morgan fingerprint density at radius 3 is 2.53 bits per heavy atom. The molecule has 1 aliphatic heterocycles. The van der Waals surface area contributed by atoms with Gasteiger partial charge >= 0.3 is 0 Å². The fraction of sp³-hybridized carbons (Fsp3) is 0.542. The summed E-state index contributed by atoms with van der Waals surface area (Å²) in [5, 5.41) is 4.07. The summed E-state index contributed by atoms with van der Waals surface area (Å²) in [6, 6.07) is 7.82. The lowest BCUT2D eigenvalue weighted by Crippen LogP contribution is -2.51. The number of piperazine rings is 1. The van der Waals surface area contributed by atoms with Crippen LogP contribution in [0.3, 0.4) is 0 Å². The maximum atomic E-state index is 14.3. The minimum absolute atomic E-state index is 0.104. The van der Waals surface area contributed by atoms with Gasteiger partial charge in [0.1, 0.15) is 18.3 Å². The average Bonchev–Trinajstić information content (AvgIpc) is 3.08. The highest BCUT2D eigenvalue weighted by molar-refractivity contribution is 6.30. The number of hydrogen-bond donors (Lipinski definition) is 1. The molecule has 6 nitrogen and oxygen atoms in total. The van der Waals surface area contributed by atoms with E-state index in [0.29, 0.717) is 49.9 Å². The van der Waals surface area contributed by atoms with Gasteiger partial charge in [-0.25, -0.2) is 14.4 Å². The fourth-order valence-corrected chi connectivity index (χ4v) is 4.80. The number of hydrogen-bond acceptors (Lipinski definition) is 5. The summed E-state index contributed by atoms with van der Waals surface area (Å²) < 4.78 is 14.3. The van der Waals surface area contributed by atoms with Gasteiger partial charge in [-0.05, 0) is 30.0 Å². The van der Waals surface area contributed by atoms with Crippen molar-refractivity contribution in [1.29, 1.82) is 0 Å². The first-order chi connectivity index (χ1) is 15.3. The van der Waals surface area contributed by atoms with Crippen LogP contribution in [0.1, 0.15) is 62.0 Å².